The maximum Gasteiger partial charge on any atom is 0.191 e. The molecule has 1 aliphatic heterocycles. The second-order valence-electron chi connectivity index (χ2n) is 6.73. The van der Waals surface area contributed by atoms with E-state index in [1.807, 2.05) is 13.0 Å². The van der Waals surface area contributed by atoms with Crippen molar-refractivity contribution < 1.29 is 13.9 Å². The lowest BCUT2D eigenvalue weighted by Gasteiger charge is -2.33. The first-order chi connectivity index (χ1) is 13.2. The SMILES string of the molecule is CCOc1ccc(CNC(=NC)NC2CCN(CCCOC)CC2)cc1F. The Morgan fingerprint density at radius 2 is 2.11 bits per heavy atom. The van der Waals surface area contributed by atoms with Gasteiger partial charge in [0, 0.05) is 53.0 Å². The number of aliphatic imine (C=N–C) groups is 1. The van der Waals surface area contributed by atoms with Gasteiger partial charge in [-0.25, -0.2) is 4.39 Å². The summed E-state index contributed by atoms with van der Waals surface area (Å²) < 4.78 is 24.3. The summed E-state index contributed by atoms with van der Waals surface area (Å²) in [6, 6.07) is 5.45. The number of rotatable bonds is 9. The fraction of sp³-hybridized carbons (Fsp3) is 0.650. The van der Waals surface area contributed by atoms with Gasteiger partial charge in [-0.2, -0.15) is 0 Å². The van der Waals surface area contributed by atoms with E-state index >= 15 is 0 Å². The van der Waals surface area contributed by atoms with Crippen LogP contribution in [0.25, 0.3) is 0 Å². The highest BCUT2D eigenvalue weighted by molar-refractivity contribution is 5.79. The molecule has 0 bridgehead atoms. The molecule has 1 aliphatic rings. The normalized spacial score (nSPS) is 16.4. The summed E-state index contributed by atoms with van der Waals surface area (Å²) in [4.78, 5) is 6.77. The molecule has 1 heterocycles. The Kier molecular flexibility index (Phi) is 9.35. The van der Waals surface area contributed by atoms with Gasteiger partial charge in [-0.1, -0.05) is 6.07 Å². The van der Waals surface area contributed by atoms with Crippen molar-refractivity contribution in [2.45, 2.75) is 38.8 Å². The largest absolute Gasteiger partial charge is 0.491 e. The van der Waals surface area contributed by atoms with E-state index in [1.54, 1.807) is 20.2 Å². The standard InChI is InChI=1S/C20H33FN4O2/c1-4-27-19-7-6-16(14-18(19)21)15-23-20(22-2)24-17-8-11-25(12-9-17)10-5-13-26-3/h6-7,14,17H,4-5,8-13,15H2,1-3H3,(H2,22,23,24). The molecule has 2 N–H and O–H groups in total. The van der Waals surface area contributed by atoms with E-state index in [4.69, 9.17) is 9.47 Å². The molecule has 7 heteroatoms. The van der Waals surface area contributed by atoms with Crippen LogP contribution in [0, 0.1) is 5.82 Å². The predicted molar refractivity (Wildman–Crippen MR) is 107 cm³/mol. The molecule has 1 saturated heterocycles. The molecule has 1 aromatic rings. The van der Waals surface area contributed by atoms with Crippen molar-refractivity contribution in [3.63, 3.8) is 0 Å². The van der Waals surface area contributed by atoms with Crippen LogP contribution in [0.5, 0.6) is 5.75 Å². The van der Waals surface area contributed by atoms with Crippen LogP contribution in [0.2, 0.25) is 0 Å². The van der Waals surface area contributed by atoms with Gasteiger partial charge in [0.1, 0.15) is 0 Å². The van der Waals surface area contributed by atoms with Gasteiger partial charge in [0.2, 0.25) is 0 Å². The molecule has 152 valence electrons. The Bertz CT molecular complexity index is 589. The second-order valence-corrected chi connectivity index (χ2v) is 6.73. The number of hydrogen-bond donors (Lipinski definition) is 2. The van der Waals surface area contributed by atoms with Crippen LogP contribution in [-0.2, 0) is 11.3 Å². The van der Waals surface area contributed by atoms with Crippen molar-refractivity contribution in [3.8, 4) is 5.75 Å². The number of methoxy groups -OCH3 is 1. The minimum absolute atomic E-state index is 0.293. The third-order valence-electron chi connectivity index (χ3n) is 4.73. The summed E-state index contributed by atoms with van der Waals surface area (Å²) in [6.07, 6.45) is 3.26. The van der Waals surface area contributed by atoms with E-state index in [1.165, 1.54) is 6.07 Å². The molecule has 0 aromatic heterocycles. The first-order valence-electron chi connectivity index (χ1n) is 9.76. The first-order valence-corrected chi connectivity index (χ1v) is 9.76. The summed E-state index contributed by atoms with van der Waals surface area (Å²) in [5.74, 6) is 0.711. The maximum atomic E-state index is 14.0. The van der Waals surface area contributed by atoms with Gasteiger partial charge >= 0.3 is 0 Å². The van der Waals surface area contributed by atoms with Crippen molar-refractivity contribution in [2.24, 2.45) is 4.99 Å². The number of halogens is 1. The fourth-order valence-corrected chi connectivity index (χ4v) is 3.23. The number of likely N-dealkylation sites (tertiary alicyclic amines) is 1. The van der Waals surface area contributed by atoms with Crippen LogP contribution >= 0.6 is 0 Å². The van der Waals surface area contributed by atoms with Gasteiger partial charge in [0.15, 0.2) is 17.5 Å². The molecule has 0 spiro atoms. The molecule has 0 radical (unpaired) electrons. The molecular weight excluding hydrogens is 347 g/mol. The smallest absolute Gasteiger partial charge is 0.191 e. The number of guanidine groups is 1. The number of nitrogens with zero attached hydrogens (tertiary/aromatic N) is 2. The Hall–Kier alpha value is -1.86. The predicted octanol–water partition coefficient (Wildman–Crippen LogP) is 2.39. The molecule has 0 amide bonds. The lowest BCUT2D eigenvalue weighted by molar-refractivity contribution is 0.155. The zero-order chi connectivity index (χ0) is 19.5. The minimum Gasteiger partial charge on any atom is -0.491 e. The third-order valence-corrected chi connectivity index (χ3v) is 4.73. The summed E-state index contributed by atoms with van der Waals surface area (Å²) in [7, 11) is 3.50. The zero-order valence-corrected chi connectivity index (χ0v) is 16.8. The van der Waals surface area contributed by atoms with Gasteiger partial charge in [-0.3, -0.25) is 4.99 Å². The monoisotopic (exact) mass is 380 g/mol. The Labute approximate surface area is 162 Å². The Morgan fingerprint density at radius 1 is 1.33 bits per heavy atom. The first kappa shape index (κ1) is 21.4. The number of hydrogen-bond acceptors (Lipinski definition) is 4. The molecule has 2 rings (SSSR count). The van der Waals surface area contributed by atoms with Gasteiger partial charge < -0.3 is 25.0 Å². The van der Waals surface area contributed by atoms with E-state index in [9.17, 15) is 4.39 Å². The molecule has 6 nitrogen and oxygen atoms in total. The summed E-state index contributed by atoms with van der Waals surface area (Å²) in [6.45, 7) is 6.90. The molecule has 0 atom stereocenters. The Balaban J connectivity index is 1.74. The topological polar surface area (TPSA) is 58.1 Å². The van der Waals surface area contributed by atoms with Gasteiger partial charge in [0.25, 0.3) is 0 Å². The average Bonchev–Trinajstić information content (AvgIpc) is 2.68. The molecule has 0 aliphatic carbocycles. The molecule has 1 aromatic carbocycles. The number of ether oxygens (including phenoxy) is 2. The number of nitrogens with one attached hydrogen (secondary N) is 2. The van der Waals surface area contributed by atoms with Crippen LogP contribution in [0.4, 0.5) is 4.39 Å². The van der Waals surface area contributed by atoms with Crippen molar-refractivity contribution in [1.29, 1.82) is 0 Å². The van der Waals surface area contributed by atoms with Crippen LogP contribution in [0.3, 0.4) is 0 Å². The molecule has 1 fully saturated rings. The van der Waals surface area contributed by atoms with E-state index in [0.717, 1.165) is 57.0 Å². The second kappa shape index (κ2) is 11.8. The van der Waals surface area contributed by atoms with Gasteiger partial charge in [0.05, 0.1) is 6.61 Å². The molecule has 27 heavy (non-hydrogen) atoms. The summed E-state index contributed by atoms with van der Waals surface area (Å²) in [5, 5.41) is 6.75. The average molecular weight is 381 g/mol. The van der Waals surface area contributed by atoms with E-state index in [0.29, 0.717) is 24.9 Å². The zero-order valence-electron chi connectivity index (χ0n) is 16.8. The van der Waals surface area contributed by atoms with Crippen molar-refractivity contribution in [2.75, 3.05) is 47.0 Å². The van der Waals surface area contributed by atoms with Crippen LogP contribution in [0.15, 0.2) is 23.2 Å². The summed E-state index contributed by atoms with van der Waals surface area (Å²) in [5.41, 5.74) is 0.854. The highest BCUT2D eigenvalue weighted by Gasteiger charge is 2.19. The maximum absolute atomic E-state index is 14.0. The molecular formula is C20H33FN4O2. The highest BCUT2D eigenvalue weighted by Crippen LogP contribution is 2.18. The highest BCUT2D eigenvalue weighted by atomic mass is 19.1. The number of benzene rings is 1. The van der Waals surface area contributed by atoms with Crippen LogP contribution in [-0.4, -0.2) is 63.9 Å². The van der Waals surface area contributed by atoms with E-state index in [-0.39, 0.29) is 5.82 Å². The van der Waals surface area contributed by atoms with E-state index < -0.39 is 0 Å². The van der Waals surface area contributed by atoms with Crippen molar-refractivity contribution in [1.82, 2.24) is 15.5 Å². The van der Waals surface area contributed by atoms with Gasteiger partial charge in [-0.05, 0) is 43.9 Å². The van der Waals surface area contributed by atoms with E-state index in [2.05, 4.69) is 20.5 Å². The van der Waals surface area contributed by atoms with Crippen LogP contribution < -0.4 is 15.4 Å². The van der Waals surface area contributed by atoms with Gasteiger partial charge in [-0.15, -0.1) is 0 Å². The minimum atomic E-state index is -0.333. The third kappa shape index (κ3) is 7.34. The number of piperidine rings is 1. The van der Waals surface area contributed by atoms with Crippen molar-refractivity contribution in [3.05, 3.63) is 29.6 Å². The van der Waals surface area contributed by atoms with Crippen LogP contribution in [0.1, 0.15) is 31.7 Å². The molecule has 0 saturated carbocycles. The van der Waals surface area contributed by atoms with Crippen molar-refractivity contribution >= 4 is 5.96 Å². The lowest BCUT2D eigenvalue weighted by Crippen LogP contribution is -2.48. The summed E-state index contributed by atoms with van der Waals surface area (Å²) >= 11 is 0. The fourth-order valence-electron chi connectivity index (χ4n) is 3.23. The Morgan fingerprint density at radius 3 is 2.74 bits per heavy atom. The quantitative estimate of drug-likeness (QED) is 0.391. The molecule has 0 unspecified atom stereocenters. The lowest BCUT2D eigenvalue weighted by atomic mass is 10.1.